The smallest absolute Gasteiger partial charge is 0.198 e. The summed E-state index contributed by atoms with van der Waals surface area (Å²) in [7, 11) is 0. The molecule has 2 aromatic carbocycles. The SMILES string of the molecule is N#Cc1c(C#N)c(F)c2c(F)c(F)c(F)c(F)c2c1F. The van der Waals surface area contributed by atoms with Gasteiger partial charge in [0.2, 0.25) is 0 Å². The molecular formula is C12F6N2. The van der Waals surface area contributed by atoms with Crippen LogP contribution in [0.2, 0.25) is 0 Å². The molecule has 2 nitrogen and oxygen atoms in total. The van der Waals surface area contributed by atoms with Crippen LogP contribution in [0.4, 0.5) is 26.3 Å². The zero-order valence-electron chi connectivity index (χ0n) is 9.16. The molecule has 0 saturated heterocycles. The number of rotatable bonds is 0. The van der Waals surface area contributed by atoms with Gasteiger partial charge in [0.25, 0.3) is 0 Å². The molecule has 0 spiro atoms. The third-order valence-electron chi connectivity index (χ3n) is 2.62. The highest BCUT2D eigenvalue weighted by Crippen LogP contribution is 2.34. The number of nitriles is 2. The molecule has 0 radical (unpaired) electrons. The highest BCUT2D eigenvalue weighted by Gasteiger charge is 2.30. The Labute approximate surface area is 107 Å². The Balaban J connectivity index is 3.28. The van der Waals surface area contributed by atoms with Crippen LogP contribution in [0.25, 0.3) is 10.8 Å². The molecular weight excluding hydrogens is 286 g/mol. The maximum atomic E-state index is 13.8. The molecule has 0 amide bonds. The minimum absolute atomic E-state index is 1.09. The fraction of sp³-hybridized carbons (Fsp3) is 0. The van der Waals surface area contributed by atoms with Gasteiger partial charge in [-0.2, -0.15) is 10.5 Å². The third-order valence-corrected chi connectivity index (χ3v) is 2.62. The van der Waals surface area contributed by atoms with Gasteiger partial charge < -0.3 is 0 Å². The summed E-state index contributed by atoms with van der Waals surface area (Å²) in [6, 6.07) is 2.17. The van der Waals surface area contributed by atoms with E-state index in [2.05, 4.69) is 0 Å². The van der Waals surface area contributed by atoms with Crippen molar-refractivity contribution in [3.63, 3.8) is 0 Å². The molecule has 20 heavy (non-hydrogen) atoms. The number of hydrogen-bond acceptors (Lipinski definition) is 2. The van der Waals surface area contributed by atoms with E-state index in [1.165, 1.54) is 0 Å². The Hall–Kier alpha value is -2.74. The molecule has 0 heterocycles. The first-order chi connectivity index (χ1) is 9.36. The van der Waals surface area contributed by atoms with E-state index in [1.54, 1.807) is 0 Å². The lowest BCUT2D eigenvalue weighted by Gasteiger charge is -2.09. The first-order valence-corrected chi connectivity index (χ1v) is 4.83. The molecule has 0 saturated carbocycles. The number of halogens is 6. The summed E-state index contributed by atoms with van der Waals surface area (Å²) in [4.78, 5) is 0. The van der Waals surface area contributed by atoms with E-state index < -0.39 is 56.8 Å². The molecule has 0 aliphatic rings. The van der Waals surface area contributed by atoms with Crippen molar-refractivity contribution in [2.45, 2.75) is 0 Å². The van der Waals surface area contributed by atoms with Crippen LogP contribution < -0.4 is 0 Å². The van der Waals surface area contributed by atoms with Gasteiger partial charge in [0.1, 0.15) is 23.3 Å². The molecule has 0 aliphatic carbocycles. The standard InChI is InChI=1S/C12F6N2/c13-7-3(1-19)4(2-20)8(14)6-5(7)9(15)11(17)12(18)10(6)16. The highest BCUT2D eigenvalue weighted by molar-refractivity contribution is 5.88. The van der Waals surface area contributed by atoms with Crippen LogP contribution in [0, 0.1) is 57.6 Å². The average Bonchev–Trinajstić information content (AvgIpc) is 2.43. The van der Waals surface area contributed by atoms with E-state index in [9.17, 15) is 26.3 Å². The Kier molecular flexibility index (Phi) is 3.03. The van der Waals surface area contributed by atoms with Crippen molar-refractivity contribution in [3.05, 3.63) is 46.0 Å². The average molecular weight is 286 g/mol. The molecule has 2 rings (SSSR count). The fourth-order valence-corrected chi connectivity index (χ4v) is 1.72. The molecule has 0 atom stereocenters. The zero-order chi connectivity index (χ0) is 15.2. The molecule has 8 heteroatoms. The highest BCUT2D eigenvalue weighted by atomic mass is 19.2. The van der Waals surface area contributed by atoms with Crippen LogP contribution in [0.5, 0.6) is 0 Å². The van der Waals surface area contributed by atoms with E-state index in [4.69, 9.17) is 10.5 Å². The first-order valence-electron chi connectivity index (χ1n) is 4.83. The van der Waals surface area contributed by atoms with Gasteiger partial charge in [-0.25, -0.2) is 26.3 Å². The maximum absolute atomic E-state index is 13.8. The van der Waals surface area contributed by atoms with E-state index >= 15 is 0 Å². The number of benzene rings is 2. The molecule has 0 aliphatic heterocycles. The van der Waals surface area contributed by atoms with Gasteiger partial charge >= 0.3 is 0 Å². The van der Waals surface area contributed by atoms with Crippen molar-refractivity contribution < 1.29 is 26.3 Å². The summed E-state index contributed by atoms with van der Waals surface area (Å²) in [6.45, 7) is 0. The summed E-state index contributed by atoms with van der Waals surface area (Å²) < 4.78 is 80.6. The summed E-state index contributed by atoms with van der Waals surface area (Å²) in [6.07, 6.45) is 0. The van der Waals surface area contributed by atoms with E-state index in [0.717, 1.165) is 12.1 Å². The Morgan fingerprint density at radius 1 is 0.500 bits per heavy atom. The Morgan fingerprint density at radius 2 is 0.800 bits per heavy atom. The van der Waals surface area contributed by atoms with E-state index in [-0.39, 0.29) is 0 Å². The quantitative estimate of drug-likeness (QED) is 0.423. The second-order valence-electron chi connectivity index (χ2n) is 3.61. The lowest BCUT2D eigenvalue weighted by atomic mass is 9.99. The van der Waals surface area contributed by atoms with Crippen molar-refractivity contribution in [2.24, 2.45) is 0 Å². The lowest BCUT2D eigenvalue weighted by molar-refractivity contribution is 0.414. The molecule has 0 N–H and O–H groups in total. The van der Waals surface area contributed by atoms with E-state index in [0.29, 0.717) is 0 Å². The van der Waals surface area contributed by atoms with Crippen LogP contribution in [-0.4, -0.2) is 0 Å². The largest absolute Gasteiger partial charge is 0.205 e. The van der Waals surface area contributed by atoms with Crippen molar-refractivity contribution in [2.75, 3.05) is 0 Å². The summed E-state index contributed by atoms with van der Waals surface area (Å²) in [5, 5.41) is 14.1. The van der Waals surface area contributed by atoms with Gasteiger partial charge in [-0.1, -0.05) is 0 Å². The van der Waals surface area contributed by atoms with Crippen molar-refractivity contribution in [3.8, 4) is 12.1 Å². The maximum Gasteiger partial charge on any atom is 0.198 e. The molecule has 0 unspecified atom stereocenters. The van der Waals surface area contributed by atoms with Gasteiger partial charge in [-0.05, 0) is 0 Å². The van der Waals surface area contributed by atoms with Crippen molar-refractivity contribution >= 4 is 10.8 Å². The normalized spacial score (nSPS) is 10.4. The van der Waals surface area contributed by atoms with Gasteiger partial charge in [0, 0.05) is 0 Å². The molecule has 2 aromatic rings. The van der Waals surface area contributed by atoms with Crippen LogP contribution in [0.15, 0.2) is 0 Å². The van der Waals surface area contributed by atoms with Crippen LogP contribution >= 0.6 is 0 Å². The van der Waals surface area contributed by atoms with Gasteiger partial charge in [-0.15, -0.1) is 0 Å². The Bertz CT molecular complexity index is 774. The number of hydrogen-bond donors (Lipinski definition) is 0. The molecule has 0 bridgehead atoms. The lowest BCUT2D eigenvalue weighted by Crippen LogP contribution is -2.06. The minimum Gasteiger partial charge on any atom is -0.205 e. The zero-order valence-corrected chi connectivity index (χ0v) is 9.16. The summed E-state index contributed by atoms with van der Waals surface area (Å²) in [5.74, 6) is -12.7. The summed E-state index contributed by atoms with van der Waals surface area (Å²) >= 11 is 0. The topological polar surface area (TPSA) is 47.6 Å². The minimum atomic E-state index is -2.35. The van der Waals surface area contributed by atoms with Crippen LogP contribution in [0.1, 0.15) is 11.1 Å². The van der Waals surface area contributed by atoms with Crippen LogP contribution in [-0.2, 0) is 0 Å². The third kappa shape index (κ3) is 1.51. The second-order valence-corrected chi connectivity index (χ2v) is 3.61. The predicted octanol–water partition coefficient (Wildman–Crippen LogP) is 3.42. The molecule has 0 aromatic heterocycles. The monoisotopic (exact) mass is 286 g/mol. The van der Waals surface area contributed by atoms with Crippen molar-refractivity contribution in [1.82, 2.24) is 0 Å². The van der Waals surface area contributed by atoms with Gasteiger partial charge in [-0.3, -0.25) is 0 Å². The fourth-order valence-electron chi connectivity index (χ4n) is 1.72. The number of fused-ring (bicyclic) bond motifs is 1. The Morgan fingerprint density at radius 3 is 1.05 bits per heavy atom. The van der Waals surface area contributed by atoms with E-state index in [1.807, 2.05) is 0 Å². The summed E-state index contributed by atoms with van der Waals surface area (Å²) in [5.41, 5.74) is -2.44. The molecule has 0 fully saturated rings. The predicted molar refractivity (Wildman–Crippen MR) is 53.1 cm³/mol. The number of nitrogens with zero attached hydrogens (tertiary/aromatic N) is 2. The van der Waals surface area contributed by atoms with Crippen LogP contribution in [0.3, 0.4) is 0 Å². The van der Waals surface area contributed by atoms with Crippen molar-refractivity contribution in [1.29, 1.82) is 10.5 Å². The first kappa shape index (κ1) is 13.7. The second kappa shape index (κ2) is 4.42. The van der Waals surface area contributed by atoms with Gasteiger partial charge in [0.15, 0.2) is 34.9 Å². The van der Waals surface area contributed by atoms with Gasteiger partial charge in [0.05, 0.1) is 10.8 Å². The molecule has 100 valence electrons.